The van der Waals surface area contributed by atoms with Gasteiger partial charge in [-0.25, -0.2) is 4.39 Å². The van der Waals surface area contributed by atoms with Gasteiger partial charge in [0.15, 0.2) is 5.76 Å². The first-order valence-corrected chi connectivity index (χ1v) is 10.6. The Bertz CT molecular complexity index is 1350. The summed E-state index contributed by atoms with van der Waals surface area (Å²) in [6, 6.07) is 7.95. The number of rotatable bonds is 4. The minimum absolute atomic E-state index is 0.0343. The monoisotopic (exact) mass is 469 g/mol. The van der Waals surface area contributed by atoms with Gasteiger partial charge in [-0.1, -0.05) is 11.6 Å². The molecule has 3 heterocycles. The standard InChI is InChI=1S/C23H17ClFN3O5/c24-16-8-15-13(10-28(23(15)32)17-2-4-20(29)27-21(17)30)5-12(16)9-26-22(31)19-7-11-6-14(25)1-3-18(11)33-19/h1,3,5-8,17H,2,4,9-10H2,(H,26,31)(H,27,29,30). The zero-order valence-electron chi connectivity index (χ0n) is 17.1. The topological polar surface area (TPSA) is 109 Å². The normalized spacial score (nSPS) is 17.9. The smallest absolute Gasteiger partial charge is 0.287 e. The Hall–Kier alpha value is -3.72. The summed E-state index contributed by atoms with van der Waals surface area (Å²) in [4.78, 5) is 50.4. The third-order valence-electron chi connectivity index (χ3n) is 5.83. The van der Waals surface area contributed by atoms with Crippen LogP contribution in [0.25, 0.3) is 11.0 Å². The highest BCUT2D eigenvalue weighted by molar-refractivity contribution is 6.32. The molecule has 3 aromatic rings. The van der Waals surface area contributed by atoms with Crippen LogP contribution in [0.1, 0.15) is 44.9 Å². The Balaban J connectivity index is 1.31. The molecule has 4 amide bonds. The first-order chi connectivity index (χ1) is 15.8. The zero-order chi connectivity index (χ0) is 23.3. The lowest BCUT2D eigenvalue weighted by Gasteiger charge is -2.29. The summed E-state index contributed by atoms with van der Waals surface area (Å²) in [5.41, 5.74) is 2.05. The van der Waals surface area contributed by atoms with Crippen molar-refractivity contribution in [2.24, 2.45) is 0 Å². The molecule has 2 N–H and O–H groups in total. The van der Waals surface area contributed by atoms with Crippen molar-refractivity contribution in [3.05, 3.63) is 69.7 Å². The van der Waals surface area contributed by atoms with Crippen molar-refractivity contribution in [3.8, 4) is 0 Å². The number of carbonyl (C=O) groups is 4. The third-order valence-corrected chi connectivity index (χ3v) is 6.18. The molecular weight excluding hydrogens is 453 g/mol. The lowest BCUT2D eigenvalue weighted by Crippen LogP contribution is -2.52. The van der Waals surface area contributed by atoms with E-state index in [4.69, 9.17) is 16.0 Å². The van der Waals surface area contributed by atoms with Crippen LogP contribution in [0.3, 0.4) is 0 Å². The number of amides is 4. The first-order valence-electron chi connectivity index (χ1n) is 10.2. The molecule has 1 aromatic heterocycles. The number of carbonyl (C=O) groups excluding carboxylic acids is 4. The van der Waals surface area contributed by atoms with Crippen molar-refractivity contribution in [1.82, 2.24) is 15.5 Å². The number of halogens is 2. The Morgan fingerprint density at radius 2 is 2.03 bits per heavy atom. The summed E-state index contributed by atoms with van der Waals surface area (Å²) in [7, 11) is 0. The summed E-state index contributed by atoms with van der Waals surface area (Å²) < 4.78 is 18.8. The van der Waals surface area contributed by atoms with Crippen LogP contribution in [-0.2, 0) is 22.7 Å². The number of hydrogen-bond acceptors (Lipinski definition) is 5. The van der Waals surface area contributed by atoms with Crippen molar-refractivity contribution in [2.45, 2.75) is 32.0 Å². The van der Waals surface area contributed by atoms with Crippen LogP contribution in [0.4, 0.5) is 4.39 Å². The molecule has 0 bridgehead atoms. The van der Waals surface area contributed by atoms with Gasteiger partial charge < -0.3 is 14.6 Å². The maximum atomic E-state index is 13.4. The molecule has 33 heavy (non-hydrogen) atoms. The predicted molar refractivity (Wildman–Crippen MR) is 115 cm³/mol. The van der Waals surface area contributed by atoms with Crippen molar-refractivity contribution in [2.75, 3.05) is 0 Å². The summed E-state index contributed by atoms with van der Waals surface area (Å²) in [6.45, 7) is 0.274. The molecule has 0 saturated carbocycles. The van der Waals surface area contributed by atoms with E-state index in [9.17, 15) is 23.6 Å². The third kappa shape index (κ3) is 3.84. The molecule has 0 spiro atoms. The summed E-state index contributed by atoms with van der Waals surface area (Å²) >= 11 is 6.35. The van der Waals surface area contributed by atoms with Crippen LogP contribution in [0, 0.1) is 5.82 Å². The highest BCUT2D eigenvalue weighted by Gasteiger charge is 2.39. The van der Waals surface area contributed by atoms with Crippen LogP contribution in [0.15, 0.2) is 40.8 Å². The molecule has 0 radical (unpaired) electrons. The minimum atomic E-state index is -0.720. The van der Waals surface area contributed by atoms with Crippen LogP contribution in [0.5, 0.6) is 0 Å². The van der Waals surface area contributed by atoms with Crippen LogP contribution in [0.2, 0.25) is 5.02 Å². The van der Waals surface area contributed by atoms with Crippen LogP contribution < -0.4 is 10.6 Å². The summed E-state index contributed by atoms with van der Waals surface area (Å²) in [6.07, 6.45) is 0.436. The average Bonchev–Trinajstić information content (AvgIpc) is 3.33. The Morgan fingerprint density at radius 1 is 1.21 bits per heavy atom. The van der Waals surface area contributed by atoms with Gasteiger partial charge in [0, 0.05) is 35.5 Å². The van der Waals surface area contributed by atoms with E-state index in [0.717, 1.165) is 0 Å². The average molecular weight is 470 g/mol. The molecule has 2 aliphatic heterocycles. The second kappa shape index (κ2) is 8.00. The molecule has 2 aliphatic rings. The number of furan rings is 1. The van der Waals surface area contributed by atoms with Crippen molar-refractivity contribution in [3.63, 3.8) is 0 Å². The van der Waals surface area contributed by atoms with Crippen LogP contribution in [-0.4, -0.2) is 34.6 Å². The van der Waals surface area contributed by atoms with Gasteiger partial charge in [0.25, 0.3) is 11.8 Å². The fourth-order valence-electron chi connectivity index (χ4n) is 4.16. The van der Waals surface area contributed by atoms with E-state index in [1.807, 2.05) is 0 Å². The molecule has 1 unspecified atom stereocenters. The lowest BCUT2D eigenvalue weighted by atomic mass is 10.0. The van der Waals surface area contributed by atoms with Crippen molar-refractivity contribution >= 4 is 46.2 Å². The van der Waals surface area contributed by atoms with E-state index < -0.39 is 23.7 Å². The molecule has 1 saturated heterocycles. The van der Waals surface area contributed by atoms with Gasteiger partial charge in [0.2, 0.25) is 11.8 Å². The summed E-state index contributed by atoms with van der Waals surface area (Å²) in [5.74, 6) is -2.06. The first kappa shape index (κ1) is 21.1. The molecule has 5 rings (SSSR count). The molecule has 1 atom stereocenters. The van der Waals surface area contributed by atoms with Gasteiger partial charge in [-0.05, 0) is 53.9 Å². The van der Waals surface area contributed by atoms with Gasteiger partial charge in [-0.3, -0.25) is 24.5 Å². The Kier molecular flexibility index (Phi) is 5.13. The predicted octanol–water partition coefficient (Wildman–Crippen LogP) is 2.92. The van der Waals surface area contributed by atoms with E-state index in [1.165, 1.54) is 35.2 Å². The SMILES string of the molecule is O=C1CCC(N2Cc3cc(CNC(=O)c4cc5cc(F)ccc5o4)c(Cl)cc3C2=O)C(=O)N1. The fraction of sp³-hybridized carbons (Fsp3) is 0.217. The van der Waals surface area contributed by atoms with Crippen molar-refractivity contribution in [1.29, 1.82) is 0 Å². The summed E-state index contributed by atoms with van der Waals surface area (Å²) in [5, 5.41) is 5.74. The minimum Gasteiger partial charge on any atom is -0.451 e. The largest absolute Gasteiger partial charge is 0.451 e. The number of fused-ring (bicyclic) bond motifs is 2. The number of nitrogens with one attached hydrogen (secondary N) is 2. The number of imide groups is 1. The van der Waals surface area contributed by atoms with E-state index in [-0.39, 0.29) is 43.5 Å². The van der Waals surface area contributed by atoms with Gasteiger partial charge >= 0.3 is 0 Å². The van der Waals surface area contributed by atoms with E-state index in [2.05, 4.69) is 10.6 Å². The molecule has 2 aromatic carbocycles. The maximum absolute atomic E-state index is 13.4. The Morgan fingerprint density at radius 3 is 2.82 bits per heavy atom. The molecule has 10 heteroatoms. The van der Waals surface area contributed by atoms with Gasteiger partial charge in [0.1, 0.15) is 17.4 Å². The molecular formula is C23H17ClFN3O5. The van der Waals surface area contributed by atoms with Gasteiger partial charge in [-0.15, -0.1) is 0 Å². The maximum Gasteiger partial charge on any atom is 0.287 e. The van der Waals surface area contributed by atoms with E-state index in [0.29, 0.717) is 32.7 Å². The molecule has 168 valence electrons. The van der Waals surface area contributed by atoms with E-state index >= 15 is 0 Å². The second-order valence-corrected chi connectivity index (χ2v) is 8.38. The molecule has 8 nitrogen and oxygen atoms in total. The second-order valence-electron chi connectivity index (χ2n) is 7.98. The fourth-order valence-corrected chi connectivity index (χ4v) is 4.39. The highest BCUT2D eigenvalue weighted by atomic mass is 35.5. The number of piperidine rings is 1. The molecule has 1 fully saturated rings. The van der Waals surface area contributed by atoms with Gasteiger partial charge in [-0.2, -0.15) is 0 Å². The zero-order valence-corrected chi connectivity index (χ0v) is 17.9. The quantitative estimate of drug-likeness (QED) is 0.571. The highest BCUT2D eigenvalue weighted by Crippen LogP contribution is 2.31. The van der Waals surface area contributed by atoms with E-state index in [1.54, 1.807) is 6.07 Å². The van der Waals surface area contributed by atoms with Crippen LogP contribution >= 0.6 is 11.6 Å². The molecule has 0 aliphatic carbocycles. The number of hydrogen-bond donors (Lipinski definition) is 2. The number of nitrogens with zero attached hydrogens (tertiary/aromatic N) is 1. The van der Waals surface area contributed by atoms with Crippen molar-refractivity contribution < 1.29 is 28.0 Å². The number of benzene rings is 2. The lowest BCUT2D eigenvalue weighted by molar-refractivity contribution is -0.136. The van der Waals surface area contributed by atoms with Gasteiger partial charge in [0.05, 0.1) is 0 Å². The Labute approximate surface area is 191 Å².